The first-order valence-corrected chi connectivity index (χ1v) is 6.71. The molecular formula is C16H21NO3. The van der Waals surface area contributed by atoms with Crippen molar-refractivity contribution in [1.29, 1.82) is 0 Å². The molecule has 0 aliphatic carbocycles. The van der Waals surface area contributed by atoms with Gasteiger partial charge in [0.05, 0.1) is 0 Å². The Hall–Kier alpha value is -2.10. The predicted molar refractivity (Wildman–Crippen MR) is 78.5 cm³/mol. The Bertz CT molecular complexity index is 465. The Kier molecular flexibility index (Phi) is 6.50. The molecule has 0 spiro atoms. The smallest absolute Gasteiger partial charge is 0.326 e. The Morgan fingerprint density at radius 3 is 2.55 bits per heavy atom. The molecule has 0 saturated heterocycles. The number of rotatable bonds is 8. The van der Waals surface area contributed by atoms with Crippen molar-refractivity contribution in [2.75, 3.05) is 0 Å². The van der Waals surface area contributed by atoms with E-state index in [0.717, 1.165) is 5.56 Å². The molecule has 2 N–H and O–H groups in total. The molecule has 1 atom stereocenters. The van der Waals surface area contributed by atoms with Gasteiger partial charge in [0.25, 0.3) is 0 Å². The second-order valence-electron chi connectivity index (χ2n) is 4.81. The van der Waals surface area contributed by atoms with Gasteiger partial charge in [0.2, 0.25) is 5.91 Å². The first kappa shape index (κ1) is 16.0. The highest BCUT2D eigenvalue weighted by atomic mass is 16.4. The van der Waals surface area contributed by atoms with Gasteiger partial charge >= 0.3 is 5.97 Å². The van der Waals surface area contributed by atoms with Crippen LogP contribution >= 0.6 is 0 Å². The van der Waals surface area contributed by atoms with Gasteiger partial charge in [-0.1, -0.05) is 35.9 Å². The minimum atomic E-state index is -1.00. The number of nitrogens with one attached hydrogen (secondary N) is 1. The maximum Gasteiger partial charge on any atom is 0.326 e. The average molecular weight is 275 g/mol. The van der Waals surface area contributed by atoms with Crippen LogP contribution in [0.1, 0.15) is 30.4 Å². The minimum Gasteiger partial charge on any atom is -0.480 e. The second kappa shape index (κ2) is 8.15. The van der Waals surface area contributed by atoms with Crippen molar-refractivity contribution in [3.63, 3.8) is 0 Å². The molecule has 1 rings (SSSR count). The Labute approximate surface area is 119 Å². The molecule has 0 bridgehead atoms. The van der Waals surface area contributed by atoms with Crippen LogP contribution in [0.2, 0.25) is 0 Å². The number of carboxylic acid groups (broad SMARTS) is 1. The number of benzene rings is 1. The van der Waals surface area contributed by atoms with Crippen LogP contribution in [0.5, 0.6) is 0 Å². The highest BCUT2D eigenvalue weighted by molar-refractivity contribution is 5.83. The van der Waals surface area contributed by atoms with Crippen LogP contribution in [0.4, 0.5) is 0 Å². The first-order chi connectivity index (χ1) is 9.52. The van der Waals surface area contributed by atoms with Crippen molar-refractivity contribution in [3.8, 4) is 0 Å². The third kappa shape index (κ3) is 5.69. The number of hydrogen-bond donors (Lipinski definition) is 2. The SMILES string of the molecule is C=CCCC(NC(=O)CCc1ccc(C)cc1)C(=O)O. The van der Waals surface area contributed by atoms with Crippen molar-refractivity contribution in [2.45, 2.75) is 38.6 Å². The van der Waals surface area contributed by atoms with Gasteiger partial charge < -0.3 is 10.4 Å². The first-order valence-electron chi connectivity index (χ1n) is 6.71. The molecule has 1 amide bonds. The van der Waals surface area contributed by atoms with Crippen LogP contribution in [0.3, 0.4) is 0 Å². The van der Waals surface area contributed by atoms with Gasteiger partial charge in [0.15, 0.2) is 0 Å². The maximum absolute atomic E-state index is 11.8. The second-order valence-corrected chi connectivity index (χ2v) is 4.81. The highest BCUT2D eigenvalue weighted by Gasteiger charge is 2.18. The molecular weight excluding hydrogens is 254 g/mol. The molecule has 0 aliphatic heterocycles. The molecule has 0 aliphatic rings. The van der Waals surface area contributed by atoms with Gasteiger partial charge in [-0.2, -0.15) is 0 Å². The monoisotopic (exact) mass is 275 g/mol. The Balaban J connectivity index is 2.43. The van der Waals surface area contributed by atoms with Crippen molar-refractivity contribution >= 4 is 11.9 Å². The summed E-state index contributed by atoms with van der Waals surface area (Å²) in [4.78, 5) is 22.8. The summed E-state index contributed by atoms with van der Waals surface area (Å²) in [5.74, 6) is -1.24. The molecule has 0 aromatic heterocycles. The standard InChI is InChI=1S/C16H21NO3/c1-3-4-5-14(16(19)20)17-15(18)11-10-13-8-6-12(2)7-9-13/h3,6-9,14H,1,4-5,10-11H2,2H3,(H,17,18)(H,19,20). The molecule has 1 unspecified atom stereocenters. The van der Waals surface area contributed by atoms with Gasteiger partial charge in [-0.25, -0.2) is 4.79 Å². The number of allylic oxidation sites excluding steroid dienone is 1. The lowest BCUT2D eigenvalue weighted by Gasteiger charge is -2.13. The van der Waals surface area contributed by atoms with E-state index in [0.29, 0.717) is 25.7 Å². The highest BCUT2D eigenvalue weighted by Crippen LogP contribution is 2.06. The van der Waals surface area contributed by atoms with E-state index in [-0.39, 0.29) is 5.91 Å². The van der Waals surface area contributed by atoms with Gasteiger partial charge in [0.1, 0.15) is 6.04 Å². The average Bonchev–Trinajstić information content (AvgIpc) is 2.42. The van der Waals surface area contributed by atoms with E-state index in [1.807, 2.05) is 31.2 Å². The summed E-state index contributed by atoms with van der Waals surface area (Å²) < 4.78 is 0. The molecule has 4 heteroatoms. The van der Waals surface area contributed by atoms with Gasteiger partial charge in [-0.15, -0.1) is 6.58 Å². The number of carbonyl (C=O) groups is 2. The topological polar surface area (TPSA) is 66.4 Å². The number of carboxylic acids is 1. The van der Waals surface area contributed by atoms with Gasteiger partial charge in [0, 0.05) is 6.42 Å². The van der Waals surface area contributed by atoms with Crippen LogP contribution in [0.15, 0.2) is 36.9 Å². The fourth-order valence-corrected chi connectivity index (χ4v) is 1.82. The van der Waals surface area contributed by atoms with Crippen molar-refractivity contribution in [2.24, 2.45) is 0 Å². The lowest BCUT2D eigenvalue weighted by Crippen LogP contribution is -2.40. The van der Waals surface area contributed by atoms with E-state index in [2.05, 4.69) is 11.9 Å². The number of carbonyl (C=O) groups excluding carboxylic acids is 1. The van der Waals surface area contributed by atoms with E-state index in [4.69, 9.17) is 5.11 Å². The lowest BCUT2D eigenvalue weighted by atomic mass is 10.1. The van der Waals surface area contributed by atoms with E-state index < -0.39 is 12.0 Å². The summed E-state index contributed by atoms with van der Waals surface area (Å²) in [5.41, 5.74) is 2.25. The maximum atomic E-state index is 11.8. The van der Waals surface area contributed by atoms with Crippen LogP contribution in [0.25, 0.3) is 0 Å². The van der Waals surface area contributed by atoms with Crippen molar-refractivity contribution in [1.82, 2.24) is 5.32 Å². The minimum absolute atomic E-state index is 0.234. The molecule has 1 aromatic rings. The zero-order valence-corrected chi connectivity index (χ0v) is 11.8. The third-order valence-electron chi connectivity index (χ3n) is 3.05. The van der Waals surface area contributed by atoms with Crippen molar-refractivity contribution in [3.05, 3.63) is 48.0 Å². The Morgan fingerprint density at radius 1 is 1.35 bits per heavy atom. The summed E-state index contributed by atoms with van der Waals surface area (Å²) in [6, 6.07) is 7.12. The van der Waals surface area contributed by atoms with Gasteiger partial charge in [-0.3, -0.25) is 4.79 Å². The molecule has 0 heterocycles. The summed E-state index contributed by atoms with van der Waals surface area (Å²) in [6.45, 7) is 5.56. The normalized spacial score (nSPS) is 11.7. The van der Waals surface area contributed by atoms with E-state index in [9.17, 15) is 9.59 Å². The predicted octanol–water partition coefficient (Wildman–Crippen LogP) is 2.46. The number of aryl methyl sites for hydroxylation is 2. The fraction of sp³-hybridized carbons (Fsp3) is 0.375. The van der Waals surface area contributed by atoms with Gasteiger partial charge in [-0.05, 0) is 31.7 Å². The lowest BCUT2D eigenvalue weighted by molar-refractivity contribution is -0.142. The number of amides is 1. The zero-order chi connectivity index (χ0) is 15.0. The van der Waals surface area contributed by atoms with Crippen LogP contribution in [-0.4, -0.2) is 23.0 Å². The van der Waals surface area contributed by atoms with E-state index in [1.165, 1.54) is 5.56 Å². The molecule has 108 valence electrons. The number of hydrogen-bond acceptors (Lipinski definition) is 2. The zero-order valence-electron chi connectivity index (χ0n) is 11.8. The summed E-state index contributed by atoms with van der Waals surface area (Å²) in [5, 5.41) is 11.6. The van der Waals surface area contributed by atoms with E-state index >= 15 is 0 Å². The molecule has 0 fully saturated rings. The van der Waals surface area contributed by atoms with Crippen molar-refractivity contribution < 1.29 is 14.7 Å². The number of aliphatic carboxylic acids is 1. The molecule has 0 radical (unpaired) electrons. The quantitative estimate of drug-likeness (QED) is 0.716. The summed E-state index contributed by atoms with van der Waals surface area (Å²) in [6.07, 6.45) is 3.49. The largest absolute Gasteiger partial charge is 0.480 e. The fourth-order valence-electron chi connectivity index (χ4n) is 1.82. The summed E-state index contributed by atoms with van der Waals surface area (Å²) in [7, 11) is 0. The third-order valence-corrected chi connectivity index (χ3v) is 3.05. The van der Waals surface area contributed by atoms with Crippen LogP contribution in [0, 0.1) is 6.92 Å². The summed E-state index contributed by atoms with van der Waals surface area (Å²) >= 11 is 0. The molecule has 4 nitrogen and oxygen atoms in total. The molecule has 20 heavy (non-hydrogen) atoms. The molecule has 1 aromatic carbocycles. The van der Waals surface area contributed by atoms with Crippen LogP contribution in [-0.2, 0) is 16.0 Å². The van der Waals surface area contributed by atoms with Crippen LogP contribution < -0.4 is 5.32 Å². The van der Waals surface area contributed by atoms with E-state index in [1.54, 1.807) is 6.08 Å². The Morgan fingerprint density at radius 2 is 2.00 bits per heavy atom. The molecule has 0 saturated carbocycles.